The fourth-order valence-electron chi connectivity index (χ4n) is 2.26. The van der Waals surface area contributed by atoms with E-state index in [9.17, 15) is 9.18 Å². The van der Waals surface area contributed by atoms with Gasteiger partial charge in [0.2, 0.25) is 0 Å². The maximum absolute atomic E-state index is 14.0. The van der Waals surface area contributed by atoms with Crippen LogP contribution in [0.25, 0.3) is 22.2 Å². The molecule has 3 rings (SSSR count). The summed E-state index contributed by atoms with van der Waals surface area (Å²) in [4.78, 5) is 14.3. The van der Waals surface area contributed by atoms with Gasteiger partial charge in [-0.05, 0) is 30.3 Å². The number of aldehydes is 1. The molecule has 0 amide bonds. The first kappa shape index (κ1) is 14.4. The van der Waals surface area contributed by atoms with Crippen LogP contribution in [0.4, 0.5) is 4.39 Å². The monoisotopic (exact) mass is 341 g/mol. The molecule has 0 atom stereocenters. The molecule has 2 aromatic carbocycles. The molecule has 1 heterocycles. The summed E-state index contributed by atoms with van der Waals surface area (Å²) >= 11 is 18.0. The molecule has 0 fully saturated rings. The summed E-state index contributed by atoms with van der Waals surface area (Å²) in [6.45, 7) is 0. The number of nitrogens with one attached hydrogen (secondary N) is 1. The Hall–Kier alpha value is -1.55. The van der Waals surface area contributed by atoms with Crippen molar-refractivity contribution in [2.75, 3.05) is 0 Å². The molecule has 0 saturated carbocycles. The van der Waals surface area contributed by atoms with Gasteiger partial charge in [-0.15, -0.1) is 0 Å². The van der Waals surface area contributed by atoms with Crippen molar-refractivity contribution >= 4 is 52.0 Å². The van der Waals surface area contributed by atoms with E-state index in [4.69, 9.17) is 34.8 Å². The van der Waals surface area contributed by atoms with Crippen LogP contribution >= 0.6 is 34.8 Å². The van der Waals surface area contributed by atoms with Crippen molar-refractivity contribution in [2.24, 2.45) is 0 Å². The van der Waals surface area contributed by atoms with Gasteiger partial charge in [-0.1, -0.05) is 34.8 Å². The Morgan fingerprint density at radius 2 is 1.81 bits per heavy atom. The second-order valence-electron chi connectivity index (χ2n) is 4.47. The summed E-state index contributed by atoms with van der Waals surface area (Å²) in [6.07, 6.45) is 0.640. The zero-order valence-electron chi connectivity index (χ0n) is 10.4. The molecule has 2 nitrogen and oxygen atoms in total. The van der Waals surface area contributed by atoms with Crippen LogP contribution in [-0.4, -0.2) is 11.3 Å². The Bertz CT molecular complexity index is 873. The summed E-state index contributed by atoms with van der Waals surface area (Å²) in [5.41, 5.74) is 1.43. The highest BCUT2D eigenvalue weighted by atomic mass is 35.5. The number of halogens is 4. The second kappa shape index (κ2) is 5.34. The minimum absolute atomic E-state index is 0.201. The smallest absolute Gasteiger partial charge is 0.152 e. The van der Waals surface area contributed by atoms with E-state index < -0.39 is 5.82 Å². The summed E-state index contributed by atoms with van der Waals surface area (Å²) in [7, 11) is 0. The molecular formula is C15H7Cl3FNO. The fourth-order valence-corrected chi connectivity index (χ4v) is 2.85. The van der Waals surface area contributed by atoms with E-state index in [2.05, 4.69) is 4.98 Å². The van der Waals surface area contributed by atoms with Gasteiger partial charge in [-0.3, -0.25) is 4.79 Å². The van der Waals surface area contributed by atoms with Gasteiger partial charge in [-0.2, -0.15) is 0 Å². The lowest BCUT2D eigenvalue weighted by Crippen LogP contribution is -1.86. The molecule has 0 unspecified atom stereocenters. The van der Waals surface area contributed by atoms with E-state index >= 15 is 0 Å². The lowest BCUT2D eigenvalue weighted by molar-refractivity contribution is 0.112. The lowest BCUT2D eigenvalue weighted by atomic mass is 10.1. The Labute approximate surface area is 134 Å². The Balaban J connectivity index is 2.40. The van der Waals surface area contributed by atoms with Gasteiger partial charge in [0.05, 0.1) is 16.2 Å². The summed E-state index contributed by atoms with van der Waals surface area (Å²) in [5, 5.41) is 1.48. The number of hydrogen-bond acceptors (Lipinski definition) is 1. The van der Waals surface area contributed by atoms with E-state index in [0.29, 0.717) is 33.0 Å². The molecule has 1 aromatic heterocycles. The highest BCUT2D eigenvalue weighted by Crippen LogP contribution is 2.36. The van der Waals surface area contributed by atoms with Crippen LogP contribution in [0.2, 0.25) is 15.1 Å². The molecule has 21 heavy (non-hydrogen) atoms. The number of aromatic nitrogens is 1. The van der Waals surface area contributed by atoms with Gasteiger partial charge in [0.15, 0.2) is 6.29 Å². The number of H-pyrrole nitrogens is 1. The number of carbonyl (C=O) groups excluding carboxylic acids is 1. The topological polar surface area (TPSA) is 32.9 Å². The van der Waals surface area contributed by atoms with Crippen molar-refractivity contribution in [3.63, 3.8) is 0 Å². The average Bonchev–Trinajstić information content (AvgIpc) is 2.80. The first-order valence-electron chi connectivity index (χ1n) is 5.92. The van der Waals surface area contributed by atoms with Crippen LogP contribution in [0.15, 0.2) is 30.3 Å². The number of carbonyl (C=O) groups is 1. The highest BCUT2D eigenvalue weighted by Gasteiger charge is 2.18. The minimum Gasteiger partial charge on any atom is -0.351 e. The molecule has 0 saturated heterocycles. The summed E-state index contributed by atoms with van der Waals surface area (Å²) < 4.78 is 14.0. The molecule has 106 valence electrons. The molecular weight excluding hydrogens is 336 g/mol. The predicted molar refractivity (Wildman–Crippen MR) is 84.1 cm³/mol. The van der Waals surface area contributed by atoms with Crippen LogP contribution < -0.4 is 0 Å². The number of benzene rings is 2. The third-order valence-corrected chi connectivity index (χ3v) is 3.96. The van der Waals surface area contributed by atoms with Crippen molar-refractivity contribution < 1.29 is 9.18 Å². The van der Waals surface area contributed by atoms with Crippen LogP contribution in [0.1, 0.15) is 10.4 Å². The molecule has 0 bridgehead atoms. The summed E-state index contributed by atoms with van der Waals surface area (Å²) in [6, 6.07) is 7.57. The molecule has 0 aliphatic carbocycles. The SMILES string of the molecule is O=Cc1c(-c2cc(Cl)ccc2Cl)[nH]c2c(F)cc(Cl)cc12. The van der Waals surface area contributed by atoms with Crippen molar-refractivity contribution in [3.8, 4) is 11.3 Å². The zero-order chi connectivity index (χ0) is 15.1. The maximum atomic E-state index is 14.0. The number of hydrogen-bond donors (Lipinski definition) is 1. The third kappa shape index (κ3) is 2.42. The fraction of sp³-hybridized carbons (Fsp3) is 0. The van der Waals surface area contributed by atoms with Crippen LogP contribution in [0.5, 0.6) is 0 Å². The van der Waals surface area contributed by atoms with Crippen LogP contribution in [0, 0.1) is 5.82 Å². The van der Waals surface area contributed by atoms with Gasteiger partial charge >= 0.3 is 0 Å². The van der Waals surface area contributed by atoms with E-state index in [0.717, 1.165) is 0 Å². The van der Waals surface area contributed by atoms with Crippen molar-refractivity contribution in [1.82, 2.24) is 4.98 Å². The third-order valence-electron chi connectivity index (χ3n) is 3.18. The Kier molecular flexibility index (Phi) is 3.66. The first-order valence-corrected chi connectivity index (χ1v) is 7.06. The van der Waals surface area contributed by atoms with E-state index in [1.54, 1.807) is 18.2 Å². The molecule has 0 radical (unpaired) electrons. The van der Waals surface area contributed by atoms with Crippen LogP contribution in [-0.2, 0) is 0 Å². The first-order chi connectivity index (χ1) is 10.0. The van der Waals surface area contributed by atoms with Gasteiger partial charge < -0.3 is 4.98 Å². The highest BCUT2D eigenvalue weighted by molar-refractivity contribution is 6.35. The summed E-state index contributed by atoms with van der Waals surface area (Å²) in [5.74, 6) is -0.537. The van der Waals surface area contributed by atoms with Gasteiger partial charge in [0.1, 0.15) is 5.82 Å². The zero-order valence-corrected chi connectivity index (χ0v) is 12.7. The molecule has 0 aliphatic rings. The normalized spacial score (nSPS) is 11.0. The van der Waals surface area contributed by atoms with Crippen molar-refractivity contribution in [3.05, 3.63) is 56.8 Å². The molecule has 0 spiro atoms. The number of fused-ring (bicyclic) bond motifs is 1. The van der Waals surface area contributed by atoms with Crippen molar-refractivity contribution in [2.45, 2.75) is 0 Å². The second-order valence-corrected chi connectivity index (χ2v) is 5.75. The van der Waals surface area contributed by atoms with E-state index in [-0.39, 0.29) is 16.1 Å². The van der Waals surface area contributed by atoms with Crippen molar-refractivity contribution in [1.29, 1.82) is 0 Å². The molecule has 3 aromatic rings. The van der Waals surface area contributed by atoms with Gasteiger partial charge in [0.25, 0.3) is 0 Å². The standard InChI is InChI=1S/C15H7Cl3FNO/c16-7-1-2-12(18)10(3-7)14-11(6-21)9-4-8(17)5-13(19)15(9)20-14/h1-6,20H. The largest absolute Gasteiger partial charge is 0.351 e. The molecule has 1 N–H and O–H groups in total. The quantitative estimate of drug-likeness (QED) is 0.591. The van der Waals surface area contributed by atoms with Gasteiger partial charge in [-0.25, -0.2) is 4.39 Å². The number of rotatable bonds is 2. The van der Waals surface area contributed by atoms with Gasteiger partial charge in [0, 0.05) is 26.6 Å². The Morgan fingerprint density at radius 3 is 2.52 bits per heavy atom. The predicted octanol–water partition coefficient (Wildman–Crippen LogP) is 5.75. The lowest BCUT2D eigenvalue weighted by Gasteiger charge is -2.03. The Morgan fingerprint density at radius 1 is 1.05 bits per heavy atom. The number of aromatic amines is 1. The minimum atomic E-state index is -0.537. The molecule has 0 aliphatic heterocycles. The molecule has 6 heteroatoms. The van der Waals surface area contributed by atoms with E-state index in [1.807, 2.05) is 0 Å². The average molecular weight is 343 g/mol. The van der Waals surface area contributed by atoms with Crippen LogP contribution in [0.3, 0.4) is 0 Å². The van der Waals surface area contributed by atoms with E-state index in [1.165, 1.54) is 12.1 Å². The maximum Gasteiger partial charge on any atom is 0.152 e.